The van der Waals surface area contributed by atoms with Crippen molar-refractivity contribution in [2.45, 2.75) is 5.75 Å². The van der Waals surface area contributed by atoms with Gasteiger partial charge in [-0.15, -0.1) is 11.8 Å². The van der Waals surface area contributed by atoms with Crippen LogP contribution >= 0.6 is 11.8 Å². The standard InChI is InChI=1S/C14H17NO2S.CH5N/c1-2-6-13(16)9-15-14(17)11-18-10-12-7-4-3-5-8-12;1-2/h2-8,16H,1,9-11H2,(H,15,17);2H2,1H3/b13-6-;. The maximum absolute atomic E-state index is 11.4. The summed E-state index contributed by atoms with van der Waals surface area (Å²) in [6.45, 7) is 3.61. The summed E-state index contributed by atoms with van der Waals surface area (Å²) in [5.74, 6) is 1.21. The number of benzene rings is 1. The van der Waals surface area contributed by atoms with Crippen molar-refractivity contribution >= 4 is 17.7 Å². The summed E-state index contributed by atoms with van der Waals surface area (Å²) in [5, 5.41) is 11.9. The number of aliphatic hydroxyl groups excluding tert-OH is 1. The number of amides is 1. The molecule has 0 aliphatic rings. The fourth-order valence-corrected chi connectivity index (χ4v) is 2.09. The van der Waals surface area contributed by atoms with Crippen LogP contribution in [0.15, 0.2) is 54.8 Å². The molecule has 110 valence electrons. The minimum absolute atomic E-state index is 0.0834. The third-order valence-electron chi connectivity index (χ3n) is 2.12. The number of nitrogens with two attached hydrogens (primary N) is 1. The molecule has 0 radical (unpaired) electrons. The third-order valence-corrected chi connectivity index (χ3v) is 3.13. The van der Waals surface area contributed by atoms with Crippen LogP contribution in [0.3, 0.4) is 0 Å². The van der Waals surface area contributed by atoms with E-state index in [-0.39, 0.29) is 18.2 Å². The van der Waals surface area contributed by atoms with E-state index in [4.69, 9.17) is 0 Å². The number of nitrogens with one attached hydrogen (secondary N) is 1. The minimum Gasteiger partial charge on any atom is -0.510 e. The van der Waals surface area contributed by atoms with Crippen molar-refractivity contribution in [2.75, 3.05) is 19.3 Å². The number of carbonyl (C=O) groups excluding carboxylic acids is 1. The number of hydrogen-bond donors (Lipinski definition) is 3. The molecule has 0 aliphatic heterocycles. The lowest BCUT2D eigenvalue weighted by Crippen LogP contribution is -2.27. The SMILES string of the molecule is C=C/C=C(\O)CNC(=O)CSCc1ccccc1.CN. The van der Waals surface area contributed by atoms with Gasteiger partial charge in [-0.25, -0.2) is 0 Å². The molecule has 20 heavy (non-hydrogen) atoms. The minimum atomic E-state index is -0.0834. The van der Waals surface area contributed by atoms with Crippen LogP contribution in [-0.2, 0) is 10.5 Å². The highest BCUT2D eigenvalue weighted by Crippen LogP contribution is 2.10. The molecule has 0 heterocycles. The number of thioether (sulfide) groups is 1. The first-order valence-electron chi connectivity index (χ1n) is 6.19. The van der Waals surface area contributed by atoms with Crippen molar-refractivity contribution in [1.82, 2.24) is 5.32 Å². The maximum atomic E-state index is 11.4. The average Bonchev–Trinajstić information content (AvgIpc) is 2.49. The molecule has 0 unspecified atom stereocenters. The quantitative estimate of drug-likeness (QED) is 0.532. The Hall–Kier alpha value is -1.72. The van der Waals surface area contributed by atoms with E-state index < -0.39 is 0 Å². The smallest absolute Gasteiger partial charge is 0.230 e. The van der Waals surface area contributed by atoms with Gasteiger partial charge >= 0.3 is 0 Å². The number of hydrogen-bond acceptors (Lipinski definition) is 4. The normalized spacial score (nSPS) is 10.2. The molecule has 5 heteroatoms. The van der Waals surface area contributed by atoms with Crippen LogP contribution in [0.4, 0.5) is 0 Å². The zero-order valence-electron chi connectivity index (χ0n) is 11.7. The van der Waals surface area contributed by atoms with Gasteiger partial charge in [-0.3, -0.25) is 4.79 Å². The molecule has 4 nitrogen and oxygen atoms in total. The molecular formula is C15H22N2O2S. The van der Waals surface area contributed by atoms with Crippen molar-refractivity contribution in [2.24, 2.45) is 5.73 Å². The zero-order valence-corrected chi connectivity index (χ0v) is 12.5. The number of aliphatic hydroxyl groups is 1. The predicted octanol–water partition coefficient (Wildman–Crippen LogP) is 2.24. The van der Waals surface area contributed by atoms with Crippen LogP contribution in [0.2, 0.25) is 0 Å². The molecule has 0 fully saturated rings. The number of allylic oxidation sites excluding steroid dienone is 2. The van der Waals surface area contributed by atoms with Gasteiger partial charge in [0.1, 0.15) is 5.76 Å². The monoisotopic (exact) mass is 294 g/mol. The second kappa shape index (κ2) is 12.3. The number of carbonyl (C=O) groups is 1. The summed E-state index contributed by atoms with van der Waals surface area (Å²) >= 11 is 1.55. The van der Waals surface area contributed by atoms with Gasteiger partial charge in [0.15, 0.2) is 0 Å². The summed E-state index contributed by atoms with van der Waals surface area (Å²) in [7, 11) is 1.50. The van der Waals surface area contributed by atoms with Crippen molar-refractivity contribution in [1.29, 1.82) is 0 Å². The van der Waals surface area contributed by atoms with E-state index in [1.54, 1.807) is 11.8 Å². The van der Waals surface area contributed by atoms with Gasteiger partial charge in [-0.1, -0.05) is 43.0 Å². The van der Waals surface area contributed by atoms with Gasteiger partial charge < -0.3 is 16.2 Å². The molecule has 1 amide bonds. The van der Waals surface area contributed by atoms with E-state index >= 15 is 0 Å². The Kier molecular flexibility index (Phi) is 11.3. The second-order valence-corrected chi connectivity index (χ2v) is 4.63. The van der Waals surface area contributed by atoms with Crippen LogP contribution in [0.5, 0.6) is 0 Å². The summed E-state index contributed by atoms with van der Waals surface area (Å²) in [5.41, 5.74) is 5.70. The predicted molar refractivity (Wildman–Crippen MR) is 86.6 cm³/mol. The molecule has 0 bridgehead atoms. The fraction of sp³-hybridized carbons (Fsp3) is 0.267. The maximum Gasteiger partial charge on any atom is 0.230 e. The van der Waals surface area contributed by atoms with E-state index in [9.17, 15) is 9.90 Å². The van der Waals surface area contributed by atoms with Gasteiger partial charge in [0.2, 0.25) is 5.91 Å². The molecule has 1 aromatic rings. The fourth-order valence-electron chi connectivity index (χ4n) is 1.27. The Labute approximate surface area is 124 Å². The third kappa shape index (κ3) is 9.24. The molecule has 0 atom stereocenters. The molecule has 1 rings (SSSR count). The highest BCUT2D eigenvalue weighted by molar-refractivity contribution is 7.99. The number of rotatable bonds is 7. The summed E-state index contributed by atoms with van der Waals surface area (Å²) < 4.78 is 0. The highest BCUT2D eigenvalue weighted by atomic mass is 32.2. The second-order valence-electron chi connectivity index (χ2n) is 3.65. The molecular weight excluding hydrogens is 272 g/mol. The van der Waals surface area contributed by atoms with Crippen LogP contribution in [0.25, 0.3) is 0 Å². The zero-order chi connectivity index (χ0) is 15.2. The van der Waals surface area contributed by atoms with Crippen LogP contribution in [-0.4, -0.2) is 30.4 Å². The van der Waals surface area contributed by atoms with E-state index in [0.29, 0.717) is 5.75 Å². The molecule has 0 aromatic heterocycles. The van der Waals surface area contributed by atoms with Crippen molar-refractivity contribution in [3.63, 3.8) is 0 Å². The average molecular weight is 294 g/mol. The van der Waals surface area contributed by atoms with E-state index in [1.807, 2.05) is 30.3 Å². The molecule has 0 aliphatic carbocycles. The highest BCUT2D eigenvalue weighted by Gasteiger charge is 2.02. The molecule has 0 saturated carbocycles. The molecule has 0 saturated heterocycles. The van der Waals surface area contributed by atoms with E-state index in [2.05, 4.69) is 17.6 Å². The Balaban J connectivity index is 0.00000172. The van der Waals surface area contributed by atoms with Crippen LogP contribution in [0.1, 0.15) is 5.56 Å². The van der Waals surface area contributed by atoms with Crippen molar-refractivity contribution in [3.05, 3.63) is 60.4 Å². The summed E-state index contributed by atoms with van der Waals surface area (Å²) in [6, 6.07) is 9.99. The summed E-state index contributed by atoms with van der Waals surface area (Å²) in [4.78, 5) is 11.4. The first kappa shape index (κ1) is 18.3. The Morgan fingerprint density at radius 3 is 2.65 bits per heavy atom. The topological polar surface area (TPSA) is 75.3 Å². The first-order chi connectivity index (χ1) is 9.72. The largest absolute Gasteiger partial charge is 0.510 e. The van der Waals surface area contributed by atoms with Gasteiger partial charge in [-0.05, 0) is 18.7 Å². The van der Waals surface area contributed by atoms with Gasteiger partial charge in [0, 0.05) is 5.75 Å². The van der Waals surface area contributed by atoms with Gasteiger partial charge in [0.25, 0.3) is 0 Å². The van der Waals surface area contributed by atoms with Gasteiger partial charge in [-0.2, -0.15) is 0 Å². The Bertz CT molecular complexity index is 419. The lowest BCUT2D eigenvalue weighted by Gasteiger charge is -2.04. The molecule has 0 spiro atoms. The van der Waals surface area contributed by atoms with Crippen LogP contribution in [0, 0.1) is 0 Å². The van der Waals surface area contributed by atoms with Gasteiger partial charge in [0.05, 0.1) is 12.3 Å². The van der Waals surface area contributed by atoms with E-state index in [1.165, 1.54) is 24.8 Å². The lowest BCUT2D eigenvalue weighted by molar-refractivity contribution is -0.118. The molecule has 4 N–H and O–H groups in total. The van der Waals surface area contributed by atoms with E-state index in [0.717, 1.165) is 5.75 Å². The summed E-state index contributed by atoms with van der Waals surface area (Å²) in [6.07, 6.45) is 2.93. The first-order valence-corrected chi connectivity index (χ1v) is 7.34. The van der Waals surface area contributed by atoms with Crippen molar-refractivity contribution < 1.29 is 9.90 Å². The molecule has 1 aromatic carbocycles. The Morgan fingerprint density at radius 1 is 1.40 bits per heavy atom. The van der Waals surface area contributed by atoms with Crippen LogP contribution < -0.4 is 11.1 Å². The Morgan fingerprint density at radius 2 is 2.05 bits per heavy atom. The van der Waals surface area contributed by atoms with Crippen molar-refractivity contribution in [3.8, 4) is 0 Å². The lowest BCUT2D eigenvalue weighted by atomic mass is 10.2.